The number of carbonyl (C=O) groups is 1. The zero-order valence-corrected chi connectivity index (χ0v) is 17.5. The van der Waals surface area contributed by atoms with Crippen molar-refractivity contribution < 1.29 is 18.3 Å². The van der Waals surface area contributed by atoms with Crippen LogP contribution in [-0.4, -0.2) is 50.1 Å². The van der Waals surface area contributed by atoms with Crippen LogP contribution in [-0.2, 0) is 16.4 Å². The number of anilines is 1. The number of carbonyl (C=O) groups excluding carboxylic acids is 1. The van der Waals surface area contributed by atoms with E-state index in [1.165, 1.54) is 22.5 Å². The number of para-hydroxylation sites is 1. The molecule has 4 rings (SSSR count). The van der Waals surface area contributed by atoms with Crippen LogP contribution in [0, 0.1) is 0 Å². The van der Waals surface area contributed by atoms with Gasteiger partial charge in [-0.1, -0.05) is 29.8 Å². The van der Waals surface area contributed by atoms with Gasteiger partial charge in [-0.15, -0.1) is 0 Å². The molecule has 2 aliphatic rings. The number of rotatable bonds is 3. The quantitative estimate of drug-likeness (QED) is 0.805. The number of benzene rings is 2. The Bertz CT molecular complexity index is 1030. The molecule has 0 bridgehead atoms. The third-order valence-corrected chi connectivity index (χ3v) is 7.71. The van der Waals surface area contributed by atoms with Crippen molar-refractivity contribution in [1.29, 1.82) is 0 Å². The number of aliphatic hydroxyl groups excluding tert-OH is 1. The molecule has 8 heteroatoms. The van der Waals surface area contributed by atoms with Crippen molar-refractivity contribution in [2.24, 2.45) is 0 Å². The molecule has 1 amide bonds. The van der Waals surface area contributed by atoms with E-state index in [2.05, 4.69) is 0 Å². The van der Waals surface area contributed by atoms with Crippen LogP contribution in [0.5, 0.6) is 0 Å². The summed E-state index contributed by atoms with van der Waals surface area (Å²) in [6, 6.07) is 11.8. The molecule has 29 heavy (non-hydrogen) atoms. The van der Waals surface area contributed by atoms with Crippen LogP contribution in [0.25, 0.3) is 0 Å². The largest absolute Gasteiger partial charge is 0.393 e. The molecule has 0 unspecified atom stereocenters. The molecule has 0 radical (unpaired) electrons. The normalized spacial score (nSPS) is 17.9. The van der Waals surface area contributed by atoms with E-state index < -0.39 is 16.1 Å². The summed E-state index contributed by atoms with van der Waals surface area (Å²) in [5, 5.41) is 9.88. The lowest BCUT2D eigenvalue weighted by Crippen LogP contribution is -2.40. The molecular weight excluding hydrogens is 412 g/mol. The fourth-order valence-electron chi connectivity index (χ4n) is 3.94. The SMILES string of the molecule is O=C(c1cc(S(=O)(=O)N2CCCc3ccccc32)ccc1Cl)N1CCC(O)CC1. The molecule has 6 nitrogen and oxygen atoms in total. The molecule has 0 spiro atoms. The van der Waals surface area contributed by atoms with Crippen LogP contribution in [0.15, 0.2) is 47.4 Å². The number of sulfonamides is 1. The fraction of sp³-hybridized carbons (Fsp3) is 0.381. The van der Waals surface area contributed by atoms with E-state index in [1.807, 2.05) is 24.3 Å². The fourth-order valence-corrected chi connectivity index (χ4v) is 5.71. The molecule has 0 aromatic heterocycles. The van der Waals surface area contributed by atoms with Crippen LogP contribution >= 0.6 is 11.6 Å². The smallest absolute Gasteiger partial charge is 0.264 e. The topological polar surface area (TPSA) is 77.9 Å². The van der Waals surface area contributed by atoms with E-state index in [0.717, 1.165) is 18.4 Å². The Morgan fingerprint density at radius 1 is 1.07 bits per heavy atom. The average Bonchev–Trinajstić information content (AvgIpc) is 2.73. The maximum Gasteiger partial charge on any atom is 0.264 e. The van der Waals surface area contributed by atoms with Gasteiger partial charge in [0.1, 0.15) is 0 Å². The predicted octanol–water partition coefficient (Wildman–Crippen LogP) is 3.08. The minimum Gasteiger partial charge on any atom is -0.393 e. The second kappa shape index (κ2) is 7.97. The van der Waals surface area contributed by atoms with Gasteiger partial charge in [0, 0.05) is 19.6 Å². The lowest BCUT2D eigenvalue weighted by Gasteiger charge is -2.31. The van der Waals surface area contributed by atoms with Gasteiger partial charge in [0.05, 0.1) is 27.3 Å². The Balaban J connectivity index is 1.68. The number of piperidine rings is 1. The van der Waals surface area contributed by atoms with Crippen molar-refractivity contribution in [1.82, 2.24) is 4.90 Å². The maximum atomic E-state index is 13.4. The summed E-state index contributed by atoms with van der Waals surface area (Å²) >= 11 is 6.25. The van der Waals surface area contributed by atoms with Gasteiger partial charge in [0.15, 0.2) is 0 Å². The first-order valence-corrected chi connectivity index (χ1v) is 11.6. The molecule has 154 valence electrons. The third-order valence-electron chi connectivity index (χ3n) is 5.58. The summed E-state index contributed by atoms with van der Waals surface area (Å²) in [5.41, 5.74) is 1.86. The van der Waals surface area contributed by atoms with E-state index in [4.69, 9.17) is 11.6 Å². The molecule has 1 saturated heterocycles. The molecule has 0 atom stereocenters. The number of amides is 1. The monoisotopic (exact) mass is 434 g/mol. The highest BCUT2D eigenvalue weighted by molar-refractivity contribution is 7.92. The second-order valence-corrected chi connectivity index (χ2v) is 9.74. The lowest BCUT2D eigenvalue weighted by atomic mass is 10.0. The van der Waals surface area contributed by atoms with Crippen LogP contribution < -0.4 is 4.31 Å². The third kappa shape index (κ3) is 3.86. The van der Waals surface area contributed by atoms with Crippen molar-refractivity contribution in [3.05, 3.63) is 58.6 Å². The lowest BCUT2D eigenvalue weighted by molar-refractivity contribution is 0.0546. The van der Waals surface area contributed by atoms with Crippen molar-refractivity contribution in [3.63, 3.8) is 0 Å². The number of likely N-dealkylation sites (tertiary alicyclic amines) is 1. The summed E-state index contributed by atoms with van der Waals surface area (Å²) in [4.78, 5) is 14.6. The first-order chi connectivity index (χ1) is 13.9. The second-order valence-electron chi connectivity index (χ2n) is 7.47. The van der Waals surface area contributed by atoms with E-state index in [0.29, 0.717) is 38.2 Å². The zero-order valence-electron chi connectivity index (χ0n) is 15.9. The molecule has 1 N–H and O–H groups in total. The standard InChI is InChI=1S/C21H23ClN2O4S/c22-19-8-7-17(14-18(19)21(26)23-12-9-16(25)10-13-23)29(27,28)24-11-3-5-15-4-1-2-6-20(15)24/h1-2,4,6-8,14,16,25H,3,5,9-13H2. The van der Waals surface area contributed by atoms with Gasteiger partial charge in [-0.2, -0.15) is 0 Å². The molecule has 2 heterocycles. The minimum atomic E-state index is -3.82. The summed E-state index contributed by atoms with van der Waals surface area (Å²) in [5.74, 6) is -0.307. The van der Waals surface area contributed by atoms with Crippen molar-refractivity contribution in [2.75, 3.05) is 23.9 Å². The summed E-state index contributed by atoms with van der Waals surface area (Å²) in [6.45, 7) is 1.24. The van der Waals surface area contributed by atoms with Gasteiger partial charge in [-0.3, -0.25) is 9.10 Å². The number of halogens is 1. The van der Waals surface area contributed by atoms with Crippen LogP contribution in [0.4, 0.5) is 5.69 Å². The van der Waals surface area contributed by atoms with Crippen LogP contribution in [0.2, 0.25) is 5.02 Å². The Morgan fingerprint density at radius 3 is 2.55 bits per heavy atom. The number of nitrogens with zero attached hydrogens (tertiary/aromatic N) is 2. The van der Waals surface area contributed by atoms with Gasteiger partial charge in [0.2, 0.25) is 0 Å². The summed E-state index contributed by atoms with van der Waals surface area (Å²) in [7, 11) is -3.82. The Labute approximate surface area is 175 Å². The maximum absolute atomic E-state index is 13.4. The molecule has 1 fully saturated rings. The first kappa shape index (κ1) is 20.2. The highest BCUT2D eigenvalue weighted by atomic mass is 35.5. The highest BCUT2D eigenvalue weighted by Gasteiger charge is 2.31. The zero-order chi connectivity index (χ0) is 20.6. The summed E-state index contributed by atoms with van der Waals surface area (Å²) in [6.07, 6.45) is 2.19. The summed E-state index contributed by atoms with van der Waals surface area (Å²) < 4.78 is 28.2. The Morgan fingerprint density at radius 2 is 1.79 bits per heavy atom. The molecule has 2 aromatic carbocycles. The molecule has 2 aromatic rings. The van der Waals surface area contributed by atoms with E-state index in [1.54, 1.807) is 4.90 Å². The Kier molecular flexibility index (Phi) is 5.55. The van der Waals surface area contributed by atoms with Gasteiger partial charge in [-0.25, -0.2) is 8.42 Å². The number of hydrogen-bond donors (Lipinski definition) is 1. The van der Waals surface area contributed by atoms with Crippen molar-refractivity contribution in [3.8, 4) is 0 Å². The van der Waals surface area contributed by atoms with Gasteiger partial charge < -0.3 is 10.0 Å². The highest BCUT2D eigenvalue weighted by Crippen LogP contribution is 2.33. The van der Waals surface area contributed by atoms with Crippen molar-refractivity contribution >= 4 is 33.2 Å². The van der Waals surface area contributed by atoms with Crippen molar-refractivity contribution in [2.45, 2.75) is 36.7 Å². The van der Waals surface area contributed by atoms with E-state index in [9.17, 15) is 18.3 Å². The molecule has 0 aliphatic carbocycles. The predicted molar refractivity (Wildman–Crippen MR) is 112 cm³/mol. The number of aliphatic hydroxyl groups is 1. The minimum absolute atomic E-state index is 0.0546. The van der Waals surface area contributed by atoms with Crippen LogP contribution in [0.1, 0.15) is 35.2 Å². The molecular formula is C21H23ClN2O4S. The van der Waals surface area contributed by atoms with E-state index >= 15 is 0 Å². The van der Waals surface area contributed by atoms with E-state index in [-0.39, 0.29) is 21.4 Å². The number of hydrogen-bond acceptors (Lipinski definition) is 4. The number of fused-ring (bicyclic) bond motifs is 1. The number of aryl methyl sites for hydroxylation is 1. The van der Waals surface area contributed by atoms with Gasteiger partial charge in [0.25, 0.3) is 15.9 Å². The van der Waals surface area contributed by atoms with Gasteiger partial charge >= 0.3 is 0 Å². The average molecular weight is 435 g/mol. The first-order valence-electron chi connectivity index (χ1n) is 9.75. The Hall–Kier alpha value is -2.09. The molecule has 0 saturated carbocycles. The molecule has 2 aliphatic heterocycles. The van der Waals surface area contributed by atoms with Crippen LogP contribution in [0.3, 0.4) is 0 Å². The van der Waals surface area contributed by atoms with Gasteiger partial charge in [-0.05, 0) is 55.5 Å².